The summed E-state index contributed by atoms with van der Waals surface area (Å²) in [5.41, 5.74) is 4.15. The van der Waals surface area contributed by atoms with E-state index in [1.807, 2.05) is 30.5 Å². The highest BCUT2D eigenvalue weighted by Gasteiger charge is 2.38. The molecule has 0 radical (unpaired) electrons. The van der Waals surface area contributed by atoms with Gasteiger partial charge in [-0.25, -0.2) is 0 Å². The van der Waals surface area contributed by atoms with Gasteiger partial charge in [0.05, 0.1) is 11.6 Å². The minimum Gasteiger partial charge on any atom is -0.508 e. The first-order chi connectivity index (χ1) is 10.2. The summed E-state index contributed by atoms with van der Waals surface area (Å²) in [6, 6.07) is 5.41. The monoisotopic (exact) mass is 282 g/mol. The quantitative estimate of drug-likeness (QED) is 0.552. The number of benzene rings is 1. The van der Waals surface area contributed by atoms with Gasteiger partial charge in [0.2, 0.25) is 0 Å². The lowest BCUT2D eigenvalue weighted by molar-refractivity contribution is 0.212. The molecule has 3 aliphatic rings. The highest BCUT2D eigenvalue weighted by atomic mass is 16.3. The Hall–Kier alpha value is -2.20. The van der Waals surface area contributed by atoms with Gasteiger partial charge in [-0.2, -0.15) is 0 Å². The van der Waals surface area contributed by atoms with Crippen molar-refractivity contribution in [3.63, 3.8) is 0 Å². The molecule has 0 amide bonds. The van der Waals surface area contributed by atoms with Crippen molar-refractivity contribution in [1.29, 1.82) is 0 Å². The summed E-state index contributed by atoms with van der Waals surface area (Å²) in [7, 11) is 0. The van der Waals surface area contributed by atoms with Crippen molar-refractivity contribution in [3.05, 3.63) is 59.5 Å². The molecule has 2 atom stereocenters. The van der Waals surface area contributed by atoms with Gasteiger partial charge in [0.1, 0.15) is 5.75 Å². The first-order valence-corrected chi connectivity index (χ1v) is 7.30. The number of anilines is 1. The second-order valence-corrected chi connectivity index (χ2v) is 5.94. The molecule has 0 aromatic heterocycles. The van der Waals surface area contributed by atoms with Gasteiger partial charge in [0.15, 0.2) is 0 Å². The Kier molecular flexibility index (Phi) is 2.62. The molecule has 21 heavy (non-hydrogen) atoms. The Balaban J connectivity index is 1.78. The minimum absolute atomic E-state index is 0.273. The molecule has 1 aromatic rings. The molecule has 4 heteroatoms. The van der Waals surface area contributed by atoms with E-state index in [-0.39, 0.29) is 11.3 Å². The Morgan fingerprint density at radius 2 is 2.19 bits per heavy atom. The van der Waals surface area contributed by atoms with Gasteiger partial charge in [-0.1, -0.05) is 12.2 Å². The Morgan fingerprint density at radius 3 is 3.10 bits per heavy atom. The molecular formula is C17H18N2O2. The van der Waals surface area contributed by atoms with Gasteiger partial charge >= 0.3 is 0 Å². The van der Waals surface area contributed by atoms with Crippen LogP contribution in [0, 0.1) is 0 Å². The SMILES string of the molecule is Oc1ccc2c(c1)C1(C=CN2)CCC2=C(CC(O)C=C2)N1. The van der Waals surface area contributed by atoms with E-state index in [1.165, 1.54) is 5.57 Å². The van der Waals surface area contributed by atoms with E-state index in [0.29, 0.717) is 6.42 Å². The van der Waals surface area contributed by atoms with Gasteiger partial charge < -0.3 is 20.8 Å². The average Bonchev–Trinajstić information content (AvgIpc) is 2.48. The van der Waals surface area contributed by atoms with E-state index in [9.17, 15) is 10.2 Å². The largest absolute Gasteiger partial charge is 0.508 e. The topological polar surface area (TPSA) is 64.5 Å². The fraction of sp³-hybridized carbons (Fsp3) is 0.294. The van der Waals surface area contributed by atoms with E-state index in [2.05, 4.69) is 16.7 Å². The van der Waals surface area contributed by atoms with E-state index < -0.39 is 6.10 Å². The van der Waals surface area contributed by atoms with Crippen LogP contribution in [0.2, 0.25) is 0 Å². The zero-order valence-electron chi connectivity index (χ0n) is 11.6. The lowest BCUT2D eigenvalue weighted by Crippen LogP contribution is -2.46. The maximum atomic E-state index is 9.84. The van der Waals surface area contributed by atoms with Crippen LogP contribution in [-0.4, -0.2) is 16.3 Å². The summed E-state index contributed by atoms with van der Waals surface area (Å²) in [6.45, 7) is 0. The number of fused-ring (bicyclic) bond motifs is 2. The van der Waals surface area contributed by atoms with Crippen LogP contribution in [-0.2, 0) is 5.54 Å². The van der Waals surface area contributed by atoms with E-state index >= 15 is 0 Å². The first kappa shape index (κ1) is 12.5. The second-order valence-electron chi connectivity index (χ2n) is 5.94. The van der Waals surface area contributed by atoms with Crippen molar-refractivity contribution in [1.82, 2.24) is 5.32 Å². The van der Waals surface area contributed by atoms with Crippen LogP contribution in [0.15, 0.2) is 53.9 Å². The highest BCUT2D eigenvalue weighted by Crippen LogP contribution is 2.43. The van der Waals surface area contributed by atoms with Gasteiger partial charge in [-0.3, -0.25) is 0 Å². The molecule has 2 heterocycles. The summed E-state index contributed by atoms with van der Waals surface area (Å²) >= 11 is 0. The van der Waals surface area contributed by atoms with Gasteiger partial charge in [0, 0.05) is 23.4 Å². The van der Waals surface area contributed by atoms with E-state index in [1.54, 1.807) is 6.07 Å². The molecule has 2 unspecified atom stereocenters. The summed E-state index contributed by atoms with van der Waals surface area (Å²) in [4.78, 5) is 0. The van der Waals surface area contributed by atoms with Crippen LogP contribution in [0.4, 0.5) is 5.69 Å². The van der Waals surface area contributed by atoms with Gasteiger partial charge in [-0.05, 0) is 48.9 Å². The van der Waals surface area contributed by atoms with Crippen molar-refractivity contribution in [2.75, 3.05) is 5.32 Å². The van der Waals surface area contributed by atoms with Gasteiger partial charge in [0.25, 0.3) is 0 Å². The molecule has 1 spiro atoms. The molecule has 108 valence electrons. The molecular weight excluding hydrogens is 264 g/mol. The zero-order valence-corrected chi connectivity index (χ0v) is 11.6. The van der Waals surface area contributed by atoms with Crippen LogP contribution in [0.3, 0.4) is 0 Å². The number of phenols is 1. The predicted molar refractivity (Wildman–Crippen MR) is 81.7 cm³/mol. The molecule has 1 aliphatic carbocycles. The fourth-order valence-electron chi connectivity index (χ4n) is 3.48. The standard InChI is InChI=1S/C17H18N2O2/c20-12-3-4-15-14(9-12)17(7-8-18-15)6-5-11-1-2-13(21)10-16(11)19-17/h1-4,7-9,13,18-21H,5-6,10H2. The lowest BCUT2D eigenvalue weighted by atomic mass is 9.77. The summed E-state index contributed by atoms with van der Waals surface area (Å²) in [5, 5.41) is 26.5. The number of phenolic OH excluding ortho intramolecular Hbond substituents is 1. The maximum Gasteiger partial charge on any atom is 0.116 e. The Bertz CT molecular complexity index is 690. The third-order valence-corrected chi connectivity index (χ3v) is 4.57. The molecule has 1 aromatic carbocycles. The Morgan fingerprint density at radius 1 is 1.29 bits per heavy atom. The summed E-state index contributed by atoms with van der Waals surface area (Å²) in [6.07, 6.45) is 10.1. The fourth-order valence-corrected chi connectivity index (χ4v) is 3.48. The minimum atomic E-state index is -0.416. The van der Waals surface area contributed by atoms with Crippen LogP contribution in [0.1, 0.15) is 24.8 Å². The lowest BCUT2D eigenvalue weighted by Gasteiger charge is -2.43. The number of aromatic hydroxyl groups is 1. The number of rotatable bonds is 0. The molecule has 2 aliphatic heterocycles. The maximum absolute atomic E-state index is 9.84. The molecule has 4 N–H and O–H groups in total. The Labute approximate surface area is 123 Å². The third kappa shape index (κ3) is 1.94. The molecule has 0 saturated heterocycles. The molecule has 0 bridgehead atoms. The van der Waals surface area contributed by atoms with Gasteiger partial charge in [-0.15, -0.1) is 0 Å². The normalized spacial score (nSPS) is 29.7. The van der Waals surface area contributed by atoms with Crippen molar-refractivity contribution in [3.8, 4) is 5.75 Å². The zero-order chi connectivity index (χ0) is 14.4. The average molecular weight is 282 g/mol. The number of aliphatic hydroxyl groups is 1. The van der Waals surface area contributed by atoms with Crippen LogP contribution >= 0.6 is 0 Å². The van der Waals surface area contributed by atoms with Crippen molar-refractivity contribution in [2.45, 2.75) is 30.9 Å². The van der Waals surface area contributed by atoms with Crippen molar-refractivity contribution >= 4 is 5.69 Å². The van der Waals surface area contributed by atoms with E-state index in [0.717, 1.165) is 29.8 Å². The predicted octanol–water partition coefficient (Wildman–Crippen LogP) is 2.48. The van der Waals surface area contributed by atoms with Crippen molar-refractivity contribution in [2.24, 2.45) is 0 Å². The number of hydrogen-bond acceptors (Lipinski definition) is 4. The number of hydrogen-bond donors (Lipinski definition) is 4. The highest BCUT2D eigenvalue weighted by molar-refractivity contribution is 5.63. The molecule has 0 saturated carbocycles. The van der Waals surface area contributed by atoms with Crippen LogP contribution in [0.25, 0.3) is 0 Å². The number of allylic oxidation sites excluding steroid dienone is 2. The van der Waals surface area contributed by atoms with Crippen LogP contribution in [0.5, 0.6) is 5.75 Å². The van der Waals surface area contributed by atoms with Crippen molar-refractivity contribution < 1.29 is 10.2 Å². The van der Waals surface area contributed by atoms with E-state index in [4.69, 9.17) is 0 Å². The summed E-state index contributed by atoms with van der Waals surface area (Å²) < 4.78 is 0. The van der Waals surface area contributed by atoms with Crippen LogP contribution < -0.4 is 10.6 Å². The first-order valence-electron chi connectivity index (χ1n) is 7.30. The number of aliphatic hydroxyl groups excluding tert-OH is 1. The second kappa shape index (κ2) is 4.40. The summed E-state index contributed by atoms with van der Waals surface area (Å²) in [5.74, 6) is 0.273. The molecule has 0 fully saturated rings. The smallest absolute Gasteiger partial charge is 0.116 e. The molecule has 4 nitrogen and oxygen atoms in total. The number of nitrogens with one attached hydrogen (secondary N) is 2. The molecule has 4 rings (SSSR count). The third-order valence-electron chi connectivity index (χ3n) is 4.57.